The van der Waals surface area contributed by atoms with Crippen molar-refractivity contribution in [2.75, 3.05) is 0 Å². The number of hydrogen-bond acceptors (Lipinski definition) is 2. The molecule has 0 saturated carbocycles. The highest BCUT2D eigenvalue weighted by Gasteiger charge is 2.11. The lowest BCUT2D eigenvalue weighted by molar-refractivity contribution is 0.0957. The molecule has 1 heterocycles. The molecule has 144 valence electrons. The van der Waals surface area contributed by atoms with E-state index in [9.17, 15) is 4.79 Å². The molecule has 29 heavy (non-hydrogen) atoms. The highest BCUT2D eigenvalue weighted by Crippen LogP contribution is 2.21. The van der Waals surface area contributed by atoms with Crippen molar-refractivity contribution < 1.29 is 4.79 Å². The Labute approximate surface area is 170 Å². The Morgan fingerprint density at radius 3 is 2.52 bits per heavy atom. The molecule has 1 N–H and O–H groups in total. The Bertz CT molecular complexity index is 1230. The van der Waals surface area contributed by atoms with Crippen LogP contribution in [0.3, 0.4) is 0 Å². The van der Waals surface area contributed by atoms with Gasteiger partial charge >= 0.3 is 0 Å². The number of amides is 1. The van der Waals surface area contributed by atoms with Gasteiger partial charge in [-0.05, 0) is 61.4 Å². The maximum Gasteiger partial charge on any atom is 0.271 e. The van der Waals surface area contributed by atoms with E-state index in [2.05, 4.69) is 66.2 Å². The normalized spacial score (nSPS) is 11.3. The number of fused-ring (bicyclic) bond motifs is 1. The first kappa shape index (κ1) is 18.7. The largest absolute Gasteiger partial charge is 0.318 e. The number of benzene rings is 3. The van der Waals surface area contributed by atoms with Crippen LogP contribution in [0.1, 0.15) is 32.9 Å². The number of nitrogens with zero attached hydrogens (tertiary/aromatic N) is 2. The Kier molecular flexibility index (Phi) is 5.00. The van der Waals surface area contributed by atoms with Crippen LogP contribution in [-0.4, -0.2) is 16.7 Å². The van der Waals surface area contributed by atoms with Gasteiger partial charge in [0.25, 0.3) is 5.91 Å². The minimum Gasteiger partial charge on any atom is -0.318 e. The van der Waals surface area contributed by atoms with Crippen LogP contribution in [-0.2, 0) is 0 Å². The molecular formula is C25H23N3O. The van der Waals surface area contributed by atoms with Crippen LogP contribution in [0.2, 0.25) is 0 Å². The molecule has 4 heteroatoms. The maximum atomic E-state index is 12.6. The third-order valence-electron chi connectivity index (χ3n) is 5.13. The van der Waals surface area contributed by atoms with Gasteiger partial charge in [-0.2, -0.15) is 5.10 Å². The van der Waals surface area contributed by atoms with E-state index in [4.69, 9.17) is 0 Å². The molecule has 4 aromatic rings. The van der Waals surface area contributed by atoms with E-state index < -0.39 is 0 Å². The highest BCUT2D eigenvalue weighted by atomic mass is 16.2. The summed E-state index contributed by atoms with van der Waals surface area (Å²) in [6, 6.07) is 24.0. The third kappa shape index (κ3) is 3.69. The molecule has 0 atom stereocenters. The van der Waals surface area contributed by atoms with Crippen molar-refractivity contribution in [3.63, 3.8) is 0 Å². The summed E-state index contributed by atoms with van der Waals surface area (Å²) in [4.78, 5) is 12.6. The Hall–Kier alpha value is -3.66. The van der Waals surface area contributed by atoms with E-state index in [1.54, 1.807) is 6.21 Å². The van der Waals surface area contributed by atoms with Gasteiger partial charge in [-0.3, -0.25) is 4.79 Å². The van der Waals surface area contributed by atoms with Crippen molar-refractivity contribution in [2.24, 2.45) is 5.10 Å². The van der Waals surface area contributed by atoms with Gasteiger partial charge in [0, 0.05) is 28.2 Å². The van der Waals surface area contributed by atoms with Gasteiger partial charge in [0.2, 0.25) is 0 Å². The Balaban J connectivity index is 1.57. The number of rotatable bonds is 4. The number of nitrogens with one attached hydrogen (secondary N) is 1. The number of hydrogen-bond donors (Lipinski definition) is 1. The molecule has 0 bridgehead atoms. The zero-order valence-corrected chi connectivity index (χ0v) is 16.8. The van der Waals surface area contributed by atoms with Gasteiger partial charge in [0.15, 0.2) is 0 Å². The van der Waals surface area contributed by atoms with E-state index in [0.717, 1.165) is 33.4 Å². The van der Waals surface area contributed by atoms with E-state index in [1.165, 1.54) is 5.56 Å². The lowest BCUT2D eigenvalue weighted by Crippen LogP contribution is -2.18. The number of carbonyl (C=O) groups is 1. The SMILES string of the molecule is Cc1cccc(-n2c(C)cc(/C=N\NC(=O)c3cccc4ccccc34)c2C)c1. The lowest BCUT2D eigenvalue weighted by atomic mass is 10.0. The van der Waals surface area contributed by atoms with Crippen molar-refractivity contribution in [3.05, 3.63) is 101 Å². The van der Waals surface area contributed by atoms with Crippen LogP contribution in [0.25, 0.3) is 16.5 Å². The van der Waals surface area contributed by atoms with E-state index in [1.807, 2.05) is 42.5 Å². The number of carbonyl (C=O) groups excluding carboxylic acids is 1. The second-order valence-electron chi connectivity index (χ2n) is 7.23. The summed E-state index contributed by atoms with van der Waals surface area (Å²) in [5.41, 5.74) is 8.80. The highest BCUT2D eigenvalue weighted by molar-refractivity contribution is 6.07. The Morgan fingerprint density at radius 1 is 0.931 bits per heavy atom. The quantitative estimate of drug-likeness (QED) is 0.377. The van der Waals surface area contributed by atoms with Crippen LogP contribution in [0.4, 0.5) is 0 Å². The van der Waals surface area contributed by atoms with Crippen molar-refractivity contribution >= 4 is 22.9 Å². The van der Waals surface area contributed by atoms with E-state index in [-0.39, 0.29) is 5.91 Å². The molecular weight excluding hydrogens is 358 g/mol. The second-order valence-corrected chi connectivity index (χ2v) is 7.23. The van der Waals surface area contributed by atoms with Gasteiger partial charge < -0.3 is 4.57 Å². The van der Waals surface area contributed by atoms with Gasteiger partial charge in [0.1, 0.15) is 0 Å². The molecule has 3 aromatic carbocycles. The van der Waals surface area contributed by atoms with Gasteiger partial charge in [0.05, 0.1) is 6.21 Å². The molecule has 0 saturated heterocycles. The van der Waals surface area contributed by atoms with Crippen LogP contribution in [0, 0.1) is 20.8 Å². The number of aromatic nitrogens is 1. The zero-order chi connectivity index (χ0) is 20.4. The summed E-state index contributed by atoms with van der Waals surface area (Å²) in [6.07, 6.45) is 1.71. The zero-order valence-electron chi connectivity index (χ0n) is 16.8. The molecule has 4 nitrogen and oxygen atoms in total. The molecule has 1 aromatic heterocycles. The predicted molar refractivity (Wildman–Crippen MR) is 119 cm³/mol. The van der Waals surface area contributed by atoms with Gasteiger partial charge in [-0.1, -0.05) is 48.5 Å². The van der Waals surface area contributed by atoms with Crippen LogP contribution >= 0.6 is 0 Å². The summed E-state index contributed by atoms with van der Waals surface area (Å²) in [5, 5.41) is 6.16. The average Bonchev–Trinajstić information content (AvgIpc) is 3.00. The fraction of sp³-hybridized carbons (Fsp3) is 0.120. The number of aryl methyl sites for hydroxylation is 2. The topological polar surface area (TPSA) is 46.4 Å². The monoisotopic (exact) mass is 381 g/mol. The molecule has 0 aliphatic carbocycles. The lowest BCUT2D eigenvalue weighted by Gasteiger charge is -2.10. The summed E-state index contributed by atoms with van der Waals surface area (Å²) >= 11 is 0. The van der Waals surface area contributed by atoms with E-state index >= 15 is 0 Å². The van der Waals surface area contributed by atoms with Gasteiger partial charge in [-0.25, -0.2) is 5.43 Å². The van der Waals surface area contributed by atoms with Gasteiger partial charge in [-0.15, -0.1) is 0 Å². The fourth-order valence-corrected chi connectivity index (χ4v) is 3.73. The first-order chi connectivity index (χ1) is 14.0. The van der Waals surface area contributed by atoms with Crippen LogP contribution in [0.5, 0.6) is 0 Å². The number of hydrazone groups is 1. The molecule has 0 fully saturated rings. The fourth-order valence-electron chi connectivity index (χ4n) is 3.73. The van der Waals surface area contributed by atoms with Crippen molar-refractivity contribution in [2.45, 2.75) is 20.8 Å². The van der Waals surface area contributed by atoms with Crippen molar-refractivity contribution in [1.29, 1.82) is 0 Å². The molecule has 0 aliphatic rings. The first-order valence-electron chi connectivity index (χ1n) is 9.62. The standard InChI is InChI=1S/C25H23N3O/c1-17-8-6-11-22(14-17)28-18(2)15-21(19(28)3)16-26-27-25(29)24-13-7-10-20-9-4-5-12-23(20)24/h4-16H,1-3H3,(H,27,29)/b26-16-. The maximum absolute atomic E-state index is 12.6. The van der Waals surface area contributed by atoms with Crippen LogP contribution in [0.15, 0.2) is 77.9 Å². The second kappa shape index (κ2) is 7.76. The smallest absolute Gasteiger partial charge is 0.271 e. The summed E-state index contributed by atoms with van der Waals surface area (Å²) in [6.45, 7) is 6.22. The third-order valence-corrected chi connectivity index (χ3v) is 5.13. The molecule has 1 amide bonds. The average molecular weight is 381 g/mol. The predicted octanol–water partition coefficient (Wildman–Crippen LogP) is 5.32. The molecule has 0 aliphatic heterocycles. The van der Waals surface area contributed by atoms with Crippen molar-refractivity contribution in [3.8, 4) is 5.69 Å². The summed E-state index contributed by atoms with van der Waals surface area (Å²) in [7, 11) is 0. The van der Waals surface area contributed by atoms with E-state index in [0.29, 0.717) is 5.56 Å². The summed E-state index contributed by atoms with van der Waals surface area (Å²) in [5.74, 6) is -0.217. The molecule has 4 rings (SSSR count). The van der Waals surface area contributed by atoms with Crippen molar-refractivity contribution in [1.82, 2.24) is 9.99 Å². The molecule has 0 radical (unpaired) electrons. The minimum absolute atomic E-state index is 0.217. The minimum atomic E-state index is -0.217. The van der Waals surface area contributed by atoms with Crippen LogP contribution < -0.4 is 5.43 Å². The molecule has 0 spiro atoms. The molecule has 0 unspecified atom stereocenters. The Morgan fingerprint density at radius 2 is 1.69 bits per heavy atom. The summed E-state index contributed by atoms with van der Waals surface area (Å²) < 4.78 is 2.20. The first-order valence-corrected chi connectivity index (χ1v) is 9.62.